The van der Waals surface area contributed by atoms with Crippen molar-refractivity contribution in [2.24, 2.45) is 23.2 Å². The molecule has 6 atom stereocenters. The highest BCUT2D eigenvalue weighted by atomic mass is 16.3. The first-order chi connectivity index (χ1) is 10.8. The van der Waals surface area contributed by atoms with E-state index in [4.69, 9.17) is 0 Å². The van der Waals surface area contributed by atoms with Crippen molar-refractivity contribution >= 4 is 11.8 Å². The van der Waals surface area contributed by atoms with Gasteiger partial charge in [-0.15, -0.1) is 0 Å². The maximum atomic E-state index is 12.1. The minimum Gasteiger partial charge on any atom is -0.393 e. The SMILES string of the molecule is CN1C(=O)CC[C@@]2(C)C1=CCC1C2[C@@H](O)C[C@]2(C)NC(=O)CC12. The van der Waals surface area contributed by atoms with Gasteiger partial charge in [-0.1, -0.05) is 13.0 Å². The molecule has 5 nitrogen and oxygen atoms in total. The molecule has 23 heavy (non-hydrogen) atoms. The lowest BCUT2D eigenvalue weighted by Crippen LogP contribution is -2.61. The summed E-state index contributed by atoms with van der Waals surface area (Å²) in [5.41, 5.74) is 0.628. The molecule has 5 heteroatoms. The van der Waals surface area contributed by atoms with Crippen LogP contribution in [0.4, 0.5) is 0 Å². The molecule has 0 aromatic rings. The standard InChI is InChI=1S/C18H26N2O3/c1-17-7-6-15(23)20(3)13(17)5-4-10-11-8-14(22)19-18(11,2)9-12(21)16(10)17/h5,10-12,16,21H,4,6-9H2,1-3H3,(H,19,22)/t10?,11?,12-,16?,17-,18-/m0/s1. The highest BCUT2D eigenvalue weighted by molar-refractivity contribution is 5.81. The summed E-state index contributed by atoms with van der Waals surface area (Å²) in [4.78, 5) is 25.9. The van der Waals surface area contributed by atoms with Crippen molar-refractivity contribution < 1.29 is 14.7 Å². The first-order valence-corrected chi connectivity index (χ1v) is 8.72. The van der Waals surface area contributed by atoms with E-state index in [9.17, 15) is 14.7 Å². The Morgan fingerprint density at radius 3 is 2.83 bits per heavy atom. The Morgan fingerprint density at radius 1 is 1.35 bits per heavy atom. The minimum atomic E-state index is -0.435. The predicted octanol–water partition coefficient (Wildman–Crippen LogP) is 1.42. The number of aliphatic hydroxyl groups is 1. The fraction of sp³-hybridized carbons (Fsp3) is 0.778. The van der Waals surface area contributed by atoms with Crippen LogP contribution in [0.15, 0.2) is 11.8 Å². The summed E-state index contributed by atoms with van der Waals surface area (Å²) >= 11 is 0. The number of allylic oxidation sites excluding steroid dienone is 2. The number of carbonyl (C=O) groups excluding carboxylic acids is 2. The third-order valence-corrected chi connectivity index (χ3v) is 7.17. The quantitative estimate of drug-likeness (QED) is 0.710. The van der Waals surface area contributed by atoms with Crippen LogP contribution < -0.4 is 5.32 Å². The number of aliphatic hydroxyl groups excluding tert-OH is 1. The van der Waals surface area contributed by atoms with Gasteiger partial charge in [-0.05, 0) is 43.9 Å². The van der Waals surface area contributed by atoms with E-state index in [1.165, 1.54) is 0 Å². The van der Waals surface area contributed by atoms with E-state index < -0.39 is 6.10 Å². The highest BCUT2D eigenvalue weighted by Crippen LogP contribution is 2.60. The van der Waals surface area contributed by atoms with Crippen molar-refractivity contribution in [2.45, 2.75) is 57.6 Å². The zero-order valence-corrected chi connectivity index (χ0v) is 14.1. The molecule has 2 saturated heterocycles. The molecule has 0 spiro atoms. The van der Waals surface area contributed by atoms with Crippen LogP contribution in [0.1, 0.15) is 46.0 Å². The van der Waals surface area contributed by atoms with Gasteiger partial charge in [0, 0.05) is 36.5 Å². The summed E-state index contributed by atoms with van der Waals surface area (Å²) in [6.07, 6.45) is 5.13. The van der Waals surface area contributed by atoms with Crippen molar-refractivity contribution in [1.82, 2.24) is 10.2 Å². The third-order valence-electron chi connectivity index (χ3n) is 7.17. The molecule has 2 amide bonds. The number of likely N-dealkylation sites (tertiary alicyclic amines) is 1. The number of rotatable bonds is 0. The fourth-order valence-corrected chi connectivity index (χ4v) is 6.15. The molecule has 4 rings (SSSR count). The van der Waals surface area contributed by atoms with Gasteiger partial charge in [0.15, 0.2) is 0 Å². The van der Waals surface area contributed by atoms with Gasteiger partial charge >= 0.3 is 0 Å². The van der Waals surface area contributed by atoms with E-state index in [2.05, 4.69) is 25.2 Å². The van der Waals surface area contributed by atoms with Gasteiger partial charge in [0.2, 0.25) is 11.8 Å². The van der Waals surface area contributed by atoms with Crippen LogP contribution in [0.3, 0.4) is 0 Å². The second-order valence-electron chi connectivity index (χ2n) is 8.43. The molecule has 0 radical (unpaired) electrons. The van der Waals surface area contributed by atoms with E-state index in [1.54, 1.807) is 4.90 Å². The van der Waals surface area contributed by atoms with Gasteiger partial charge in [0.05, 0.1) is 6.10 Å². The molecular weight excluding hydrogens is 292 g/mol. The van der Waals surface area contributed by atoms with E-state index in [0.29, 0.717) is 25.2 Å². The van der Waals surface area contributed by atoms with Crippen molar-refractivity contribution in [3.63, 3.8) is 0 Å². The van der Waals surface area contributed by atoms with Crippen LogP contribution in [-0.4, -0.2) is 40.5 Å². The summed E-state index contributed by atoms with van der Waals surface area (Å²) in [5.74, 6) is 0.990. The average molecular weight is 318 g/mol. The molecule has 2 N–H and O–H groups in total. The van der Waals surface area contributed by atoms with Crippen LogP contribution in [0, 0.1) is 23.2 Å². The molecule has 126 valence electrons. The van der Waals surface area contributed by atoms with E-state index in [1.807, 2.05) is 7.05 Å². The number of carbonyl (C=O) groups is 2. The Labute approximate surface area is 137 Å². The smallest absolute Gasteiger partial charge is 0.226 e. The zero-order valence-electron chi connectivity index (χ0n) is 14.1. The van der Waals surface area contributed by atoms with E-state index in [-0.39, 0.29) is 34.6 Å². The molecule has 0 bridgehead atoms. The molecule has 0 aromatic heterocycles. The highest BCUT2D eigenvalue weighted by Gasteiger charge is 2.61. The monoisotopic (exact) mass is 318 g/mol. The number of fused-ring (bicyclic) bond motifs is 5. The minimum absolute atomic E-state index is 0.112. The Morgan fingerprint density at radius 2 is 2.09 bits per heavy atom. The molecule has 4 aliphatic rings. The van der Waals surface area contributed by atoms with E-state index in [0.717, 1.165) is 18.5 Å². The van der Waals surface area contributed by atoms with Crippen molar-refractivity contribution in [2.75, 3.05) is 7.05 Å². The summed E-state index contributed by atoms with van der Waals surface area (Å²) in [7, 11) is 1.85. The fourth-order valence-electron chi connectivity index (χ4n) is 6.15. The Hall–Kier alpha value is -1.36. The number of piperidine rings is 1. The third kappa shape index (κ3) is 1.89. The molecular formula is C18H26N2O3. The number of amides is 2. The van der Waals surface area contributed by atoms with Crippen LogP contribution in [0.25, 0.3) is 0 Å². The van der Waals surface area contributed by atoms with Crippen molar-refractivity contribution in [1.29, 1.82) is 0 Å². The van der Waals surface area contributed by atoms with Gasteiger partial charge in [-0.2, -0.15) is 0 Å². The summed E-state index contributed by atoms with van der Waals surface area (Å²) < 4.78 is 0. The van der Waals surface area contributed by atoms with Gasteiger partial charge in [-0.25, -0.2) is 0 Å². The predicted molar refractivity (Wildman–Crippen MR) is 85.1 cm³/mol. The molecule has 0 aromatic carbocycles. The molecule has 2 heterocycles. The molecule has 2 aliphatic heterocycles. The average Bonchev–Trinajstić information content (AvgIpc) is 2.77. The Kier molecular flexibility index (Phi) is 3.03. The Balaban J connectivity index is 1.77. The lowest BCUT2D eigenvalue weighted by atomic mass is 9.50. The van der Waals surface area contributed by atoms with Gasteiger partial charge in [0.1, 0.15) is 0 Å². The number of nitrogens with zero attached hydrogens (tertiary/aromatic N) is 1. The molecule has 1 saturated carbocycles. The van der Waals surface area contributed by atoms with E-state index >= 15 is 0 Å². The number of nitrogens with one attached hydrogen (secondary N) is 1. The van der Waals surface area contributed by atoms with Crippen LogP contribution in [0.2, 0.25) is 0 Å². The van der Waals surface area contributed by atoms with Crippen LogP contribution >= 0.6 is 0 Å². The zero-order chi connectivity index (χ0) is 16.6. The van der Waals surface area contributed by atoms with Crippen molar-refractivity contribution in [3.8, 4) is 0 Å². The number of hydrogen-bond donors (Lipinski definition) is 2. The second kappa shape index (κ2) is 4.59. The summed E-state index contributed by atoms with van der Waals surface area (Å²) in [6, 6.07) is 0. The maximum absolute atomic E-state index is 12.1. The Bertz CT molecular complexity index is 615. The van der Waals surface area contributed by atoms with Gasteiger partial charge in [0.25, 0.3) is 0 Å². The van der Waals surface area contributed by atoms with Gasteiger partial charge in [-0.3, -0.25) is 9.59 Å². The molecule has 2 aliphatic carbocycles. The number of hydrogen-bond acceptors (Lipinski definition) is 3. The maximum Gasteiger partial charge on any atom is 0.226 e. The normalized spacial score (nSPS) is 49.0. The lowest BCUT2D eigenvalue weighted by Gasteiger charge is -2.58. The van der Waals surface area contributed by atoms with Crippen LogP contribution in [0.5, 0.6) is 0 Å². The first-order valence-electron chi connectivity index (χ1n) is 8.72. The van der Waals surface area contributed by atoms with Crippen LogP contribution in [-0.2, 0) is 9.59 Å². The van der Waals surface area contributed by atoms with Crippen molar-refractivity contribution in [3.05, 3.63) is 11.8 Å². The first kappa shape index (κ1) is 15.2. The lowest BCUT2D eigenvalue weighted by molar-refractivity contribution is -0.140. The second-order valence-corrected chi connectivity index (χ2v) is 8.43. The topological polar surface area (TPSA) is 69.6 Å². The summed E-state index contributed by atoms with van der Waals surface area (Å²) in [6.45, 7) is 4.29. The largest absolute Gasteiger partial charge is 0.393 e. The molecule has 3 unspecified atom stereocenters. The summed E-state index contributed by atoms with van der Waals surface area (Å²) in [5, 5.41) is 14.1. The van der Waals surface area contributed by atoms with Gasteiger partial charge < -0.3 is 15.3 Å². The molecule has 3 fully saturated rings.